The number of amides is 4. The van der Waals surface area contributed by atoms with Crippen LogP contribution in [0.5, 0.6) is 0 Å². The van der Waals surface area contributed by atoms with E-state index in [1.165, 1.54) is 22.7 Å². The Hall–Kier alpha value is -4.03. The maximum Gasteiger partial charge on any atom is 0.414 e. The number of unbranched alkanes of at least 4 members (excludes halogenated alkanes) is 1. The Kier molecular flexibility index (Phi) is 14.2. The van der Waals surface area contributed by atoms with Gasteiger partial charge in [-0.05, 0) is 54.4 Å². The van der Waals surface area contributed by atoms with Gasteiger partial charge in [0.1, 0.15) is 27.6 Å². The zero-order chi connectivity index (χ0) is 32.8. The van der Waals surface area contributed by atoms with Gasteiger partial charge >= 0.3 is 12.2 Å². The molecule has 0 radical (unpaired) electrons. The lowest BCUT2D eigenvalue weighted by Crippen LogP contribution is -2.47. The van der Waals surface area contributed by atoms with Crippen LogP contribution in [0.25, 0.3) is 10.7 Å². The van der Waals surface area contributed by atoms with Crippen molar-refractivity contribution in [2.24, 2.45) is 4.99 Å². The molecule has 0 saturated heterocycles. The molecule has 0 bridgehead atoms. The number of nitrogens with zero attached hydrogens (tertiary/aromatic N) is 3. The standard InChI is InChI=1S/C29H41N7O6S2/c1-8-9-12-21(37)30-16-13-22-33-20(18-43-22)24-34-19(17-44-24)23(38)31-14-10-11-15-32-25(35-26(39)41-28(2,3)4)36-27(40)42-29(5,6)7/h1,17-18H,9-16H2,2-7H3,(H,30,37)(H,31,38)(H2,32,35,36,39,40). The number of carbonyl (C=O) groups is 4. The van der Waals surface area contributed by atoms with Crippen LogP contribution in [0.2, 0.25) is 0 Å². The molecular weight excluding hydrogens is 606 g/mol. The molecule has 0 aliphatic rings. The molecule has 0 spiro atoms. The average molecular weight is 648 g/mol. The maximum atomic E-state index is 12.6. The van der Waals surface area contributed by atoms with E-state index in [2.05, 4.69) is 42.1 Å². The van der Waals surface area contributed by atoms with Gasteiger partial charge in [0.2, 0.25) is 11.9 Å². The molecule has 4 amide bonds. The minimum absolute atomic E-state index is 0.0850. The lowest BCUT2D eigenvalue weighted by Gasteiger charge is -2.22. The van der Waals surface area contributed by atoms with Gasteiger partial charge in [0.05, 0.1) is 5.01 Å². The summed E-state index contributed by atoms with van der Waals surface area (Å²) < 4.78 is 10.5. The summed E-state index contributed by atoms with van der Waals surface area (Å²) in [5, 5.41) is 15.6. The fraction of sp³-hybridized carbons (Fsp3) is 0.552. The van der Waals surface area contributed by atoms with E-state index in [4.69, 9.17) is 15.9 Å². The van der Waals surface area contributed by atoms with Gasteiger partial charge in [0.15, 0.2) is 0 Å². The summed E-state index contributed by atoms with van der Waals surface area (Å²) in [5.41, 5.74) is -0.488. The van der Waals surface area contributed by atoms with Crippen molar-refractivity contribution in [3.05, 3.63) is 21.5 Å². The predicted molar refractivity (Wildman–Crippen MR) is 171 cm³/mol. The zero-order valence-electron chi connectivity index (χ0n) is 26.0. The molecule has 13 nitrogen and oxygen atoms in total. The number of carbonyl (C=O) groups excluding carboxylic acids is 4. The molecule has 0 unspecified atom stereocenters. The largest absolute Gasteiger partial charge is 0.444 e. The van der Waals surface area contributed by atoms with Gasteiger partial charge in [-0.15, -0.1) is 35.0 Å². The van der Waals surface area contributed by atoms with Gasteiger partial charge in [-0.2, -0.15) is 0 Å². The highest BCUT2D eigenvalue weighted by Gasteiger charge is 2.21. The van der Waals surface area contributed by atoms with Crippen molar-refractivity contribution in [2.45, 2.75) is 84.8 Å². The Morgan fingerprint density at radius 3 is 2.18 bits per heavy atom. The first kappa shape index (κ1) is 36.2. The third-order valence-corrected chi connectivity index (χ3v) is 6.82. The molecule has 2 rings (SSSR count). The number of thiazole rings is 2. The second-order valence-corrected chi connectivity index (χ2v) is 13.2. The second kappa shape index (κ2) is 17.3. The first-order valence-corrected chi connectivity index (χ1v) is 15.8. The van der Waals surface area contributed by atoms with Crippen molar-refractivity contribution in [1.82, 2.24) is 31.2 Å². The molecule has 0 fully saturated rings. The lowest BCUT2D eigenvalue weighted by atomic mass is 10.2. The monoisotopic (exact) mass is 647 g/mol. The maximum absolute atomic E-state index is 12.6. The van der Waals surface area contributed by atoms with E-state index in [-0.39, 0.29) is 24.3 Å². The molecule has 2 aromatic rings. The average Bonchev–Trinajstić information content (AvgIpc) is 3.57. The van der Waals surface area contributed by atoms with E-state index in [1.54, 1.807) is 46.9 Å². The van der Waals surface area contributed by atoms with Crippen LogP contribution >= 0.6 is 22.7 Å². The fourth-order valence-electron chi connectivity index (χ4n) is 3.23. The van der Waals surface area contributed by atoms with Crippen molar-refractivity contribution < 1.29 is 28.7 Å². The summed E-state index contributed by atoms with van der Waals surface area (Å²) in [7, 11) is 0. The quantitative estimate of drug-likeness (QED) is 0.115. The number of hydrogen-bond donors (Lipinski definition) is 4. The highest BCUT2D eigenvalue weighted by Crippen LogP contribution is 2.25. The van der Waals surface area contributed by atoms with Crippen LogP contribution in [0.1, 0.15) is 82.7 Å². The first-order chi connectivity index (χ1) is 20.6. The van der Waals surface area contributed by atoms with Gasteiger partial charge in [0, 0.05) is 49.7 Å². The molecule has 2 heterocycles. The summed E-state index contributed by atoms with van der Waals surface area (Å²) >= 11 is 2.79. The van der Waals surface area contributed by atoms with Crippen LogP contribution in [-0.4, -0.2) is 70.8 Å². The van der Waals surface area contributed by atoms with Crippen molar-refractivity contribution >= 4 is 52.6 Å². The first-order valence-electron chi connectivity index (χ1n) is 14.1. The molecule has 0 aliphatic heterocycles. The number of alkyl carbamates (subject to hydrolysis) is 2. The fourth-order valence-corrected chi connectivity index (χ4v) is 4.85. The molecule has 0 aromatic carbocycles. The summed E-state index contributed by atoms with van der Waals surface area (Å²) in [6, 6.07) is 0. The number of ether oxygens (including phenoxy) is 2. The van der Waals surface area contributed by atoms with Gasteiger partial charge in [-0.3, -0.25) is 25.2 Å². The predicted octanol–water partition coefficient (Wildman–Crippen LogP) is 4.25. The molecular formula is C29H41N7O6S2. The van der Waals surface area contributed by atoms with E-state index in [0.717, 1.165) is 5.01 Å². The number of terminal acetylenes is 1. The summed E-state index contributed by atoms with van der Waals surface area (Å²) in [6.45, 7) is 11.4. The number of hydrogen-bond acceptors (Lipinski definition) is 11. The van der Waals surface area contributed by atoms with Gasteiger partial charge in [-0.1, -0.05) is 0 Å². The molecule has 2 aromatic heterocycles. The molecule has 0 atom stereocenters. The highest BCUT2D eigenvalue weighted by atomic mass is 32.1. The molecule has 0 aliphatic carbocycles. The number of aromatic nitrogens is 2. The molecule has 44 heavy (non-hydrogen) atoms. The molecule has 15 heteroatoms. The second-order valence-electron chi connectivity index (χ2n) is 11.4. The third-order valence-electron chi connectivity index (χ3n) is 5.04. The minimum Gasteiger partial charge on any atom is -0.444 e. The van der Waals surface area contributed by atoms with E-state index in [9.17, 15) is 19.2 Å². The van der Waals surface area contributed by atoms with Crippen molar-refractivity contribution in [1.29, 1.82) is 0 Å². The van der Waals surface area contributed by atoms with Crippen LogP contribution in [0.4, 0.5) is 9.59 Å². The van der Waals surface area contributed by atoms with Crippen LogP contribution in [0.3, 0.4) is 0 Å². The van der Waals surface area contributed by atoms with Crippen molar-refractivity contribution in [2.75, 3.05) is 19.6 Å². The van der Waals surface area contributed by atoms with Crippen molar-refractivity contribution in [3.8, 4) is 23.0 Å². The Morgan fingerprint density at radius 1 is 0.909 bits per heavy atom. The smallest absolute Gasteiger partial charge is 0.414 e. The minimum atomic E-state index is -0.767. The molecule has 240 valence electrons. The van der Waals surface area contributed by atoms with E-state index < -0.39 is 23.4 Å². The Balaban J connectivity index is 1.81. The SMILES string of the molecule is C#CCCC(=O)NCCc1nc(-c2nc(C(=O)NCCCCN=C(NC(=O)OC(C)(C)C)NC(=O)OC(C)(C)C)cs2)cs1. The number of rotatable bonds is 12. The Morgan fingerprint density at radius 2 is 1.57 bits per heavy atom. The van der Waals surface area contributed by atoms with E-state index in [1.807, 2.05) is 5.38 Å². The Labute approximate surface area is 266 Å². The molecule has 4 N–H and O–H groups in total. The normalized spacial score (nSPS) is 11.1. The topological polar surface area (TPSA) is 173 Å². The highest BCUT2D eigenvalue weighted by molar-refractivity contribution is 7.14. The van der Waals surface area contributed by atoms with Gasteiger partial charge in [0.25, 0.3) is 5.91 Å². The lowest BCUT2D eigenvalue weighted by molar-refractivity contribution is -0.120. The van der Waals surface area contributed by atoms with Crippen LogP contribution in [0, 0.1) is 12.3 Å². The zero-order valence-corrected chi connectivity index (χ0v) is 27.6. The van der Waals surface area contributed by atoms with Crippen LogP contribution in [0.15, 0.2) is 15.8 Å². The molecule has 0 saturated carbocycles. The number of aliphatic imine (C=N–C) groups is 1. The van der Waals surface area contributed by atoms with Crippen LogP contribution in [-0.2, 0) is 20.7 Å². The van der Waals surface area contributed by atoms with Gasteiger partial charge < -0.3 is 20.1 Å². The number of guanidine groups is 1. The summed E-state index contributed by atoms with van der Waals surface area (Å²) in [6.07, 6.45) is 6.09. The van der Waals surface area contributed by atoms with E-state index in [0.29, 0.717) is 61.6 Å². The Bertz CT molecular complexity index is 1320. The van der Waals surface area contributed by atoms with Crippen LogP contribution < -0.4 is 21.3 Å². The van der Waals surface area contributed by atoms with Crippen molar-refractivity contribution in [3.63, 3.8) is 0 Å². The summed E-state index contributed by atoms with van der Waals surface area (Å²) in [4.78, 5) is 61.9. The van der Waals surface area contributed by atoms with Gasteiger partial charge in [-0.25, -0.2) is 19.6 Å². The number of nitrogens with one attached hydrogen (secondary N) is 4. The van der Waals surface area contributed by atoms with E-state index >= 15 is 0 Å². The third kappa shape index (κ3) is 14.9. The summed E-state index contributed by atoms with van der Waals surface area (Å²) in [5.74, 6) is 1.96.